The summed E-state index contributed by atoms with van der Waals surface area (Å²) in [6, 6.07) is 12.4. The molecule has 0 atom stereocenters. The Labute approximate surface area is 153 Å². The Morgan fingerprint density at radius 3 is 2.56 bits per heavy atom. The Kier molecular flexibility index (Phi) is 7.12. The van der Waals surface area contributed by atoms with E-state index in [1.165, 1.54) is 53.0 Å². The Bertz CT molecular complexity index is 825. The van der Waals surface area contributed by atoms with Crippen LogP contribution in [0, 0.1) is 10.1 Å². The molecule has 0 bridgehead atoms. The molecular formula is C15H16N2O5S3. The summed E-state index contributed by atoms with van der Waals surface area (Å²) in [4.78, 5) is 11.2. The molecule has 0 aliphatic rings. The van der Waals surface area contributed by atoms with Crippen molar-refractivity contribution < 1.29 is 18.1 Å². The number of nitrogens with one attached hydrogen (secondary N) is 1. The molecule has 2 aromatic rings. The zero-order valence-corrected chi connectivity index (χ0v) is 15.7. The predicted octanol–water partition coefficient (Wildman–Crippen LogP) is 3.32. The lowest BCUT2D eigenvalue weighted by Gasteiger charge is -2.07. The van der Waals surface area contributed by atoms with Gasteiger partial charge in [-0.1, -0.05) is 27.7 Å². The largest absolute Gasteiger partial charge is 0.497 e. The molecule has 2 rings (SSSR count). The van der Waals surface area contributed by atoms with Gasteiger partial charge in [0.2, 0.25) is 10.0 Å². The normalized spacial score (nSPS) is 11.2. The van der Waals surface area contributed by atoms with E-state index < -0.39 is 14.9 Å². The van der Waals surface area contributed by atoms with Gasteiger partial charge in [0.1, 0.15) is 5.75 Å². The van der Waals surface area contributed by atoms with Gasteiger partial charge in [0.25, 0.3) is 5.69 Å². The molecule has 0 fully saturated rings. The number of non-ortho nitro benzene ring substituents is 1. The van der Waals surface area contributed by atoms with Crippen LogP contribution in [-0.4, -0.2) is 32.7 Å². The molecule has 0 unspecified atom stereocenters. The predicted molar refractivity (Wildman–Crippen MR) is 99.6 cm³/mol. The Morgan fingerprint density at radius 1 is 1.20 bits per heavy atom. The van der Waals surface area contributed by atoms with Gasteiger partial charge >= 0.3 is 0 Å². The summed E-state index contributed by atoms with van der Waals surface area (Å²) in [5.41, 5.74) is 0.0332. The van der Waals surface area contributed by atoms with E-state index >= 15 is 0 Å². The summed E-state index contributed by atoms with van der Waals surface area (Å²) >= 11 is 0. The SMILES string of the molecule is COc1ccc(S(=O)(=O)NCCSSc2cccc([N+](=O)[O-])c2)cc1. The van der Waals surface area contributed by atoms with Crippen LogP contribution in [0.5, 0.6) is 5.75 Å². The van der Waals surface area contributed by atoms with Crippen molar-refractivity contribution in [2.24, 2.45) is 0 Å². The molecule has 2 aromatic carbocycles. The van der Waals surface area contributed by atoms with Crippen molar-refractivity contribution in [2.45, 2.75) is 9.79 Å². The van der Waals surface area contributed by atoms with Gasteiger partial charge in [0, 0.05) is 29.3 Å². The highest BCUT2D eigenvalue weighted by Gasteiger charge is 2.13. The molecule has 0 spiro atoms. The van der Waals surface area contributed by atoms with Crippen molar-refractivity contribution in [3.8, 4) is 5.75 Å². The molecule has 0 saturated heterocycles. The molecule has 0 aliphatic heterocycles. The molecule has 10 heteroatoms. The second-order valence-corrected chi connectivity index (χ2v) is 8.99. The lowest BCUT2D eigenvalue weighted by molar-refractivity contribution is -0.385. The van der Waals surface area contributed by atoms with Crippen LogP contribution in [0.4, 0.5) is 5.69 Å². The summed E-state index contributed by atoms with van der Waals surface area (Å²) in [5.74, 6) is 1.10. The van der Waals surface area contributed by atoms with E-state index in [4.69, 9.17) is 4.74 Å². The molecule has 7 nitrogen and oxygen atoms in total. The number of nitro benzene ring substituents is 1. The monoisotopic (exact) mass is 400 g/mol. The first kappa shape index (κ1) is 19.6. The first-order valence-corrected chi connectivity index (χ1v) is 10.9. The van der Waals surface area contributed by atoms with Gasteiger partial charge < -0.3 is 4.74 Å². The molecule has 25 heavy (non-hydrogen) atoms. The van der Waals surface area contributed by atoms with Crippen LogP contribution in [0.2, 0.25) is 0 Å². The molecule has 134 valence electrons. The third kappa shape index (κ3) is 5.92. The molecule has 0 aromatic heterocycles. The first-order valence-electron chi connectivity index (χ1n) is 7.10. The van der Waals surface area contributed by atoms with Gasteiger partial charge in [-0.15, -0.1) is 0 Å². The lowest BCUT2D eigenvalue weighted by atomic mass is 10.3. The fourth-order valence-electron chi connectivity index (χ4n) is 1.81. The molecule has 0 aliphatic carbocycles. The van der Waals surface area contributed by atoms with Crippen LogP contribution in [0.1, 0.15) is 0 Å². The fourth-order valence-corrected chi connectivity index (χ4v) is 4.90. The average molecular weight is 401 g/mol. The van der Waals surface area contributed by atoms with Crippen molar-refractivity contribution in [1.82, 2.24) is 4.72 Å². The van der Waals surface area contributed by atoms with E-state index in [0.717, 1.165) is 4.90 Å². The van der Waals surface area contributed by atoms with E-state index in [-0.39, 0.29) is 17.1 Å². The number of sulfonamides is 1. The number of nitro groups is 1. The second-order valence-electron chi connectivity index (χ2n) is 4.73. The number of ether oxygens (including phenoxy) is 1. The maximum absolute atomic E-state index is 12.1. The maximum atomic E-state index is 12.1. The van der Waals surface area contributed by atoms with Crippen molar-refractivity contribution in [3.05, 3.63) is 58.6 Å². The van der Waals surface area contributed by atoms with Gasteiger partial charge in [-0.3, -0.25) is 10.1 Å². The van der Waals surface area contributed by atoms with E-state index in [1.807, 2.05) is 0 Å². The topological polar surface area (TPSA) is 98.5 Å². The summed E-state index contributed by atoms with van der Waals surface area (Å²) in [6.07, 6.45) is 0. The summed E-state index contributed by atoms with van der Waals surface area (Å²) < 4.78 is 31.8. The third-order valence-corrected chi connectivity index (χ3v) is 6.87. The van der Waals surface area contributed by atoms with Crippen LogP contribution in [0.3, 0.4) is 0 Å². The molecule has 0 amide bonds. The lowest BCUT2D eigenvalue weighted by Crippen LogP contribution is -2.25. The van der Waals surface area contributed by atoms with E-state index in [2.05, 4.69) is 4.72 Å². The van der Waals surface area contributed by atoms with Gasteiger partial charge in [-0.25, -0.2) is 13.1 Å². The second kappa shape index (κ2) is 9.09. The van der Waals surface area contributed by atoms with Gasteiger partial charge in [-0.05, 0) is 30.3 Å². The van der Waals surface area contributed by atoms with Crippen LogP contribution in [0.25, 0.3) is 0 Å². The maximum Gasteiger partial charge on any atom is 0.270 e. The third-order valence-electron chi connectivity index (χ3n) is 3.03. The molecule has 0 radical (unpaired) electrons. The summed E-state index contributed by atoms with van der Waals surface area (Å²) in [5, 5.41) is 10.7. The van der Waals surface area contributed by atoms with Crippen molar-refractivity contribution in [1.29, 1.82) is 0 Å². The summed E-state index contributed by atoms with van der Waals surface area (Å²) in [7, 11) is 0.726. The highest BCUT2D eigenvalue weighted by molar-refractivity contribution is 8.76. The molecule has 1 N–H and O–H groups in total. The highest BCUT2D eigenvalue weighted by atomic mass is 33.1. The zero-order chi connectivity index (χ0) is 18.3. The fraction of sp³-hybridized carbons (Fsp3) is 0.200. The van der Waals surface area contributed by atoms with Crippen molar-refractivity contribution in [3.63, 3.8) is 0 Å². The van der Waals surface area contributed by atoms with Crippen molar-refractivity contribution in [2.75, 3.05) is 19.4 Å². The standard InChI is InChI=1S/C15H16N2O5S3/c1-22-13-5-7-15(8-6-13)25(20,21)16-9-10-23-24-14-4-2-3-12(11-14)17(18)19/h2-8,11,16H,9-10H2,1H3. The molecular weight excluding hydrogens is 384 g/mol. The highest BCUT2D eigenvalue weighted by Crippen LogP contribution is 2.32. The van der Waals surface area contributed by atoms with Crippen LogP contribution < -0.4 is 9.46 Å². The van der Waals surface area contributed by atoms with Gasteiger partial charge in [-0.2, -0.15) is 0 Å². The number of hydrogen-bond donors (Lipinski definition) is 1. The summed E-state index contributed by atoms with van der Waals surface area (Å²) in [6.45, 7) is 0.251. The molecule has 0 heterocycles. The van der Waals surface area contributed by atoms with Crippen LogP contribution in [-0.2, 0) is 10.0 Å². The molecule has 0 saturated carbocycles. The van der Waals surface area contributed by atoms with Crippen LogP contribution >= 0.6 is 21.6 Å². The Hall–Kier alpha value is -1.75. The number of nitrogens with zero attached hydrogens (tertiary/aromatic N) is 1. The van der Waals surface area contributed by atoms with Gasteiger partial charge in [0.15, 0.2) is 0 Å². The van der Waals surface area contributed by atoms with E-state index in [9.17, 15) is 18.5 Å². The smallest absolute Gasteiger partial charge is 0.270 e. The zero-order valence-electron chi connectivity index (χ0n) is 13.2. The minimum atomic E-state index is -3.57. The van der Waals surface area contributed by atoms with Gasteiger partial charge in [0.05, 0.1) is 16.9 Å². The number of hydrogen-bond acceptors (Lipinski definition) is 7. The number of rotatable bonds is 9. The Balaban J connectivity index is 1.80. The number of benzene rings is 2. The first-order chi connectivity index (χ1) is 11.9. The van der Waals surface area contributed by atoms with Crippen molar-refractivity contribution >= 4 is 37.3 Å². The Morgan fingerprint density at radius 2 is 1.92 bits per heavy atom. The average Bonchev–Trinajstić information content (AvgIpc) is 2.61. The van der Waals surface area contributed by atoms with E-state index in [1.54, 1.807) is 24.3 Å². The van der Waals surface area contributed by atoms with E-state index in [0.29, 0.717) is 11.5 Å². The minimum absolute atomic E-state index is 0.0332. The number of methoxy groups -OCH3 is 1. The van der Waals surface area contributed by atoms with Crippen LogP contribution in [0.15, 0.2) is 58.3 Å². The quantitative estimate of drug-likeness (QED) is 0.298. The minimum Gasteiger partial charge on any atom is -0.497 e.